The molecule has 29 heavy (non-hydrogen) atoms. The molecule has 4 rings (SSSR count). The van der Waals surface area contributed by atoms with Gasteiger partial charge in [0.15, 0.2) is 9.84 Å². The Bertz CT molecular complexity index is 1030. The SMILES string of the molecule is CC1(O)C2CC[C@H]1CC(S(=O)(=O)c1cc(C(=O)Nc3ncccn3)ccc1Cl)C2. The first-order valence-corrected chi connectivity index (χ1v) is 11.5. The highest BCUT2D eigenvalue weighted by atomic mass is 35.5. The van der Waals surface area contributed by atoms with E-state index in [-0.39, 0.29) is 33.3 Å². The number of carbonyl (C=O) groups excluding carboxylic acids is 1. The van der Waals surface area contributed by atoms with Gasteiger partial charge < -0.3 is 5.11 Å². The van der Waals surface area contributed by atoms with Crippen molar-refractivity contribution in [2.45, 2.75) is 48.4 Å². The number of nitrogens with one attached hydrogen (secondary N) is 1. The quantitative estimate of drug-likeness (QED) is 0.763. The second-order valence-corrected chi connectivity index (χ2v) is 10.6. The third-order valence-corrected chi connectivity index (χ3v) is 9.00. The summed E-state index contributed by atoms with van der Waals surface area (Å²) in [6.07, 6.45) is 5.44. The second-order valence-electron chi connectivity index (χ2n) is 8.01. The number of nitrogens with zero attached hydrogens (tertiary/aromatic N) is 2. The lowest BCUT2D eigenvalue weighted by Gasteiger charge is -2.40. The standard InChI is InChI=1S/C20H22ClN3O4S/c1-20(26)13-4-5-14(20)11-15(10-13)29(27,28)17-9-12(3-6-16(17)21)18(25)24-19-22-7-2-8-23-19/h2-3,6-9,13-15,26H,4-5,10-11H2,1H3,(H,22,23,24,25)/t13-,14?,15?,20?/m0/s1. The van der Waals surface area contributed by atoms with Crippen molar-refractivity contribution in [3.05, 3.63) is 47.2 Å². The number of aliphatic hydroxyl groups is 1. The van der Waals surface area contributed by atoms with E-state index in [1.165, 1.54) is 30.6 Å². The topological polar surface area (TPSA) is 109 Å². The predicted molar refractivity (Wildman–Crippen MR) is 108 cm³/mol. The number of carbonyl (C=O) groups is 1. The summed E-state index contributed by atoms with van der Waals surface area (Å²) in [4.78, 5) is 20.3. The number of rotatable bonds is 4. The van der Waals surface area contributed by atoms with Gasteiger partial charge in [-0.2, -0.15) is 0 Å². The molecule has 3 unspecified atom stereocenters. The maximum atomic E-state index is 13.3. The van der Waals surface area contributed by atoms with Crippen molar-refractivity contribution in [2.24, 2.45) is 11.8 Å². The van der Waals surface area contributed by atoms with Gasteiger partial charge in [-0.1, -0.05) is 11.6 Å². The van der Waals surface area contributed by atoms with Crippen LogP contribution in [0.1, 0.15) is 43.0 Å². The summed E-state index contributed by atoms with van der Waals surface area (Å²) in [7, 11) is -3.75. The van der Waals surface area contributed by atoms with Gasteiger partial charge in [0.2, 0.25) is 5.95 Å². The largest absolute Gasteiger partial charge is 0.390 e. The van der Waals surface area contributed by atoms with Crippen LogP contribution in [0.25, 0.3) is 0 Å². The molecule has 1 heterocycles. The number of halogens is 1. The van der Waals surface area contributed by atoms with Crippen molar-refractivity contribution in [1.82, 2.24) is 9.97 Å². The molecule has 7 nitrogen and oxygen atoms in total. The molecule has 2 bridgehead atoms. The normalized spacial score (nSPS) is 28.9. The number of hydrogen-bond donors (Lipinski definition) is 2. The first kappa shape index (κ1) is 20.3. The Labute approximate surface area is 174 Å². The average Bonchev–Trinajstić information content (AvgIpc) is 2.86. The molecular formula is C20H22ClN3O4S. The van der Waals surface area contributed by atoms with Crippen molar-refractivity contribution in [2.75, 3.05) is 5.32 Å². The summed E-state index contributed by atoms with van der Waals surface area (Å²) < 4.78 is 26.7. The minimum absolute atomic E-state index is 0.0403. The van der Waals surface area contributed by atoms with Crippen molar-refractivity contribution < 1.29 is 18.3 Å². The van der Waals surface area contributed by atoms with E-state index < -0.39 is 26.6 Å². The molecule has 2 aliphatic carbocycles. The molecule has 0 aliphatic heterocycles. The molecule has 1 aromatic carbocycles. The number of hydrogen-bond acceptors (Lipinski definition) is 6. The second kappa shape index (κ2) is 7.34. The van der Waals surface area contributed by atoms with Gasteiger partial charge in [0.1, 0.15) is 0 Å². The van der Waals surface area contributed by atoms with E-state index in [0.717, 1.165) is 12.8 Å². The van der Waals surface area contributed by atoms with Crippen LogP contribution in [0.5, 0.6) is 0 Å². The van der Waals surface area contributed by atoms with Crippen LogP contribution in [0, 0.1) is 11.8 Å². The lowest BCUT2D eigenvalue weighted by atomic mass is 9.76. The Morgan fingerprint density at radius 3 is 2.45 bits per heavy atom. The molecule has 154 valence electrons. The predicted octanol–water partition coefficient (Wildman–Crippen LogP) is 3.10. The highest BCUT2D eigenvalue weighted by molar-refractivity contribution is 7.92. The monoisotopic (exact) mass is 435 g/mol. The van der Waals surface area contributed by atoms with E-state index in [1.807, 2.05) is 6.92 Å². The number of benzene rings is 1. The fourth-order valence-corrected chi connectivity index (χ4v) is 7.00. The third-order valence-electron chi connectivity index (χ3n) is 6.34. The first-order chi connectivity index (χ1) is 13.7. The average molecular weight is 436 g/mol. The Hall–Kier alpha value is -2.03. The number of amides is 1. The van der Waals surface area contributed by atoms with Crippen molar-refractivity contribution in [3.8, 4) is 0 Å². The van der Waals surface area contributed by atoms with Crippen LogP contribution < -0.4 is 5.32 Å². The molecule has 9 heteroatoms. The van der Waals surface area contributed by atoms with Crippen LogP contribution in [0.15, 0.2) is 41.6 Å². The molecule has 2 aliphatic rings. The van der Waals surface area contributed by atoms with Crippen LogP contribution in [0.4, 0.5) is 5.95 Å². The smallest absolute Gasteiger partial charge is 0.258 e. The molecule has 2 aromatic rings. The number of fused-ring (bicyclic) bond motifs is 2. The van der Waals surface area contributed by atoms with Gasteiger partial charge in [-0.25, -0.2) is 18.4 Å². The third kappa shape index (κ3) is 3.65. The minimum atomic E-state index is -3.75. The zero-order chi connectivity index (χ0) is 20.8. The molecule has 4 atom stereocenters. The molecule has 2 fully saturated rings. The fourth-order valence-electron chi connectivity index (χ4n) is 4.60. The van der Waals surface area contributed by atoms with E-state index in [1.54, 1.807) is 6.07 Å². The van der Waals surface area contributed by atoms with Gasteiger partial charge in [-0.15, -0.1) is 0 Å². The Morgan fingerprint density at radius 2 is 1.83 bits per heavy atom. The summed E-state index contributed by atoms with van der Waals surface area (Å²) in [5, 5.41) is 12.7. The van der Waals surface area contributed by atoms with E-state index in [2.05, 4.69) is 15.3 Å². The van der Waals surface area contributed by atoms with Crippen LogP contribution in [-0.2, 0) is 9.84 Å². The van der Waals surface area contributed by atoms with Gasteiger partial charge >= 0.3 is 0 Å². The van der Waals surface area contributed by atoms with Crippen molar-refractivity contribution in [1.29, 1.82) is 0 Å². The summed E-state index contributed by atoms with van der Waals surface area (Å²) in [5.74, 6) is -0.470. The number of anilines is 1. The Kier molecular flexibility index (Phi) is 5.13. The maximum Gasteiger partial charge on any atom is 0.258 e. The fraction of sp³-hybridized carbons (Fsp3) is 0.450. The number of aromatic nitrogens is 2. The Balaban J connectivity index is 1.61. The van der Waals surface area contributed by atoms with Crippen LogP contribution in [-0.4, -0.2) is 40.3 Å². The molecular weight excluding hydrogens is 414 g/mol. The zero-order valence-corrected chi connectivity index (χ0v) is 17.4. The molecule has 1 amide bonds. The first-order valence-electron chi connectivity index (χ1n) is 9.54. The molecule has 2 N–H and O–H groups in total. The minimum Gasteiger partial charge on any atom is -0.390 e. The highest BCUT2D eigenvalue weighted by Gasteiger charge is 2.53. The molecule has 0 radical (unpaired) electrons. The number of sulfone groups is 1. The van der Waals surface area contributed by atoms with Crippen LogP contribution in [0.2, 0.25) is 5.02 Å². The lowest BCUT2D eigenvalue weighted by molar-refractivity contribution is -0.0413. The summed E-state index contributed by atoms with van der Waals surface area (Å²) >= 11 is 6.22. The van der Waals surface area contributed by atoms with Crippen LogP contribution in [0.3, 0.4) is 0 Å². The lowest BCUT2D eigenvalue weighted by Crippen LogP contribution is -2.45. The van der Waals surface area contributed by atoms with Crippen LogP contribution >= 0.6 is 11.6 Å². The van der Waals surface area contributed by atoms with Crippen molar-refractivity contribution >= 4 is 33.3 Å². The summed E-state index contributed by atoms with van der Waals surface area (Å²) in [6.45, 7) is 1.81. The zero-order valence-electron chi connectivity index (χ0n) is 15.9. The van der Waals surface area contributed by atoms with E-state index >= 15 is 0 Å². The van der Waals surface area contributed by atoms with Gasteiger partial charge in [0.25, 0.3) is 5.91 Å². The van der Waals surface area contributed by atoms with E-state index in [9.17, 15) is 18.3 Å². The van der Waals surface area contributed by atoms with Gasteiger partial charge in [-0.05, 0) is 68.7 Å². The Morgan fingerprint density at radius 1 is 1.21 bits per heavy atom. The summed E-state index contributed by atoms with van der Waals surface area (Å²) in [6, 6.07) is 5.82. The molecule has 2 saturated carbocycles. The highest BCUT2D eigenvalue weighted by Crippen LogP contribution is 2.51. The summed E-state index contributed by atoms with van der Waals surface area (Å²) in [5.41, 5.74) is -0.654. The van der Waals surface area contributed by atoms with E-state index in [4.69, 9.17) is 11.6 Å². The molecule has 1 aromatic heterocycles. The van der Waals surface area contributed by atoms with Crippen molar-refractivity contribution in [3.63, 3.8) is 0 Å². The van der Waals surface area contributed by atoms with Gasteiger partial charge in [0, 0.05) is 18.0 Å². The van der Waals surface area contributed by atoms with E-state index in [0.29, 0.717) is 12.8 Å². The van der Waals surface area contributed by atoms with Gasteiger partial charge in [0.05, 0.1) is 20.8 Å². The molecule has 0 saturated heterocycles. The van der Waals surface area contributed by atoms with Gasteiger partial charge in [-0.3, -0.25) is 10.1 Å². The maximum absolute atomic E-state index is 13.3. The molecule has 0 spiro atoms.